The van der Waals surface area contributed by atoms with Gasteiger partial charge in [0.2, 0.25) is 0 Å². The Labute approximate surface area is 72.4 Å². The van der Waals surface area contributed by atoms with Gasteiger partial charge in [0.15, 0.2) is 0 Å². The first kappa shape index (κ1) is 8.05. The molecule has 12 heavy (non-hydrogen) atoms. The van der Waals surface area contributed by atoms with Crippen molar-refractivity contribution in [1.82, 2.24) is 4.90 Å². The summed E-state index contributed by atoms with van der Waals surface area (Å²) in [6, 6.07) is -0.181. The molecule has 3 fully saturated rings. The van der Waals surface area contributed by atoms with Crippen LogP contribution in [0.15, 0.2) is 0 Å². The molecule has 0 radical (unpaired) electrons. The van der Waals surface area contributed by atoms with Gasteiger partial charge in [-0.05, 0) is 31.2 Å². The van der Waals surface area contributed by atoms with Crippen molar-refractivity contribution < 1.29 is 9.90 Å². The third-order valence-electron chi connectivity index (χ3n) is 3.26. The predicted octanol–water partition coefficient (Wildman–Crippen LogP) is 0.801. The highest BCUT2D eigenvalue weighted by Crippen LogP contribution is 2.43. The fraction of sp³-hybridized carbons (Fsp3) is 0.889. The van der Waals surface area contributed by atoms with E-state index in [1.165, 1.54) is 0 Å². The van der Waals surface area contributed by atoms with E-state index in [1.807, 2.05) is 6.92 Å². The number of hydrogen-bond acceptors (Lipinski definition) is 2. The van der Waals surface area contributed by atoms with Crippen LogP contribution < -0.4 is 0 Å². The molecule has 3 nitrogen and oxygen atoms in total. The van der Waals surface area contributed by atoms with Crippen LogP contribution >= 0.6 is 0 Å². The molecule has 3 rings (SSSR count). The van der Waals surface area contributed by atoms with Crippen LogP contribution in [-0.2, 0) is 4.79 Å². The Bertz CT molecular complexity index is 199. The topological polar surface area (TPSA) is 40.5 Å². The molecular weight excluding hydrogens is 154 g/mol. The number of piperidine rings is 2. The average Bonchev–Trinajstić information content (AvgIpc) is 2.01. The number of rotatable bonds is 2. The Balaban J connectivity index is 2.09. The molecule has 0 aromatic rings. The van der Waals surface area contributed by atoms with Gasteiger partial charge in [-0.25, -0.2) is 0 Å². The summed E-state index contributed by atoms with van der Waals surface area (Å²) >= 11 is 0. The van der Waals surface area contributed by atoms with E-state index in [2.05, 4.69) is 4.90 Å². The summed E-state index contributed by atoms with van der Waals surface area (Å²) in [5, 5.41) is 8.99. The van der Waals surface area contributed by atoms with Gasteiger partial charge in [-0.1, -0.05) is 6.92 Å². The summed E-state index contributed by atoms with van der Waals surface area (Å²) in [6.45, 7) is 3.93. The Kier molecular flexibility index (Phi) is 1.83. The average molecular weight is 169 g/mol. The number of aliphatic carboxylic acids is 1. The summed E-state index contributed by atoms with van der Waals surface area (Å²) in [5.41, 5.74) is 0. The van der Waals surface area contributed by atoms with E-state index in [1.54, 1.807) is 0 Å². The van der Waals surface area contributed by atoms with Crippen molar-refractivity contribution in [3.8, 4) is 0 Å². The Morgan fingerprint density at radius 1 is 1.58 bits per heavy atom. The quantitative estimate of drug-likeness (QED) is 0.664. The second-order valence-corrected chi connectivity index (χ2v) is 3.97. The van der Waals surface area contributed by atoms with E-state index in [-0.39, 0.29) is 6.04 Å². The van der Waals surface area contributed by atoms with Gasteiger partial charge in [0.05, 0.1) is 0 Å². The molecule has 0 amide bonds. The highest BCUT2D eigenvalue weighted by molar-refractivity contribution is 5.74. The lowest BCUT2D eigenvalue weighted by atomic mass is 9.67. The molecule has 1 atom stereocenters. The highest BCUT2D eigenvalue weighted by Gasteiger charge is 2.47. The van der Waals surface area contributed by atoms with Crippen molar-refractivity contribution >= 4 is 5.97 Å². The van der Waals surface area contributed by atoms with Gasteiger partial charge in [0, 0.05) is 6.54 Å². The molecule has 2 aliphatic heterocycles. The minimum absolute atomic E-state index is 0.181. The summed E-state index contributed by atoms with van der Waals surface area (Å²) < 4.78 is 0. The number of carbonyl (C=O) groups is 1. The van der Waals surface area contributed by atoms with E-state index in [0.717, 1.165) is 31.8 Å². The first-order chi connectivity index (χ1) is 5.72. The van der Waals surface area contributed by atoms with Crippen LogP contribution in [0.5, 0.6) is 0 Å². The maximum absolute atomic E-state index is 10.9. The molecule has 2 bridgehead atoms. The predicted molar refractivity (Wildman–Crippen MR) is 44.9 cm³/mol. The van der Waals surface area contributed by atoms with E-state index in [4.69, 9.17) is 5.11 Å². The summed E-state index contributed by atoms with van der Waals surface area (Å²) in [7, 11) is 0. The van der Waals surface area contributed by atoms with E-state index < -0.39 is 5.97 Å². The maximum atomic E-state index is 10.9. The fourth-order valence-corrected chi connectivity index (χ4v) is 2.62. The third kappa shape index (κ3) is 1.04. The van der Waals surface area contributed by atoms with Gasteiger partial charge in [-0.3, -0.25) is 9.69 Å². The van der Waals surface area contributed by atoms with E-state index in [9.17, 15) is 4.79 Å². The second kappa shape index (κ2) is 2.73. The molecule has 2 saturated heterocycles. The molecule has 1 unspecified atom stereocenters. The SMILES string of the molecule is CCN1CC2CC(C2)C1C(=O)O. The number of carboxylic acids is 1. The molecule has 1 N–H and O–H groups in total. The number of fused-ring (bicyclic) bond motifs is 2. The van der Waals surface area contributed by atoms with Crippen LogP contribution in [0.3, 0.4) is 0 Å². The highest BCUT2D eigenvalue weighted by atomic mass is 16.4. The summed E-state index contributed by atoms with van der Waals surface area (Å²) in [6.07, 6.45) is 2.29. The van der Waals surface area contributed by atoms with E-state index >= 15 is 0 Å². The van der Waals surface area contributed by atoms with Crippen LogP contribution in [0.2, 0.25) is 0 Å². The zero-order valence-corrected chi connectivity index (χ0v) is 7.36. The van der Waals surface area contributed by atoms with Crippen molar-refractivity contribution in [2.45, 2.75) is 25.8 Å². The van der Waals surface area contributed by atoms with Gasteiger partial charge >= 0.3 is 5.97 Å². The van der Waals surface area contributed by atoms with Crippen molar-refractivity contribution in [2.75, 3.05) is 13.1 Å². The van der Waals surface area contributed by atoms with Crippen molar-refractivity contribution in [2.24, 2.45) is 11.8 Å². The van der Waals surface area contributed by atoms with Crippen LogP contribution in [0, 0.1) is 11.8 Å². The minimum Gasteiger partial charge on any atom is -0.480 e. The number of likely N-dealkylation sites (N-methyl/N-ethyl adjacent to an activating group) is 1. The lowest BCUT2D eigenvalue weighted by Crippen LogP contribution is -2.58. The van der Waals surface area contributed by atoms with Gasteiger partial charge in [0.25, 0.3) is 0 Å². The minimum atomic E-state index is -0.625. The lowest BCUT2D eigenvalue weighted by Gasteiger charge is -2.51. The standard InChI is InChI=1S/C9H15NO2/c1-2-10-5-6-3-7(4-6)8(10)9(11)12/h6-8H,2-5H2,1H3,(H,11,12). The zero-order valence-electron chi connectivity index (χ0n) is 7.36. The molecule has 2 heterocycles. The largest absolute Gasteiger partial charge is 0.480 e. The van der Waals surface area contributed by atoms with Gasteiger partial charge in [-0.15, -0.1) is 0 Å². The molecule has 0 spiro atoms. The van der Waals surface area contributed by atoms with Crippen molar-refractivity contribution in [3.63, 3.8) is 0 Å². The Morgan fingerprint density at radius 3 is 2.67 bits per heavy atom. The zero-order chi connectivity index (χ0) is 8.72. The molecule has 1 aliphatic carbocycles. The van der Waals surface area contributed by atoms with Gasteiger partial charge in [0.1, 0.15) is 6.04 Å². The number of carboxylic acid groups (broad SMARTS) is 1. The van der Waals surface area contributed by atoms with Crippen molar-refractivity contribution in [1.29, 1.82) is 0 Å². The number of nitrogens with zero attached hydrogens (tertiary/aromatic N) is 1. The van der Waals surface area contributed by atoms with Crippen LogP contribution in [0.25, 0.3) is 0 Å². The molecule has 68 valence electrons. The van der Waals surface area contributed by atoms with Crippen LogP contribution in [0.1, 0.15) is 19.8 Å². The van der Waals surface area contributed by atoms with Crippen molar-refractivity contribution in [3.05, 3.63) is 0 Å². The smallest absolute Gasteiger partial charge is 0.321 e. The molecule has 0 aromatic heterocycles. The number of hydrogen-bond donors (Lipinski definition) is 1. The first-order valence-corrected chi connectivity index (χ1v) is 4.69. The molecule has 0 aromatic carbocycles. The Morgan fingerprint density at radius 2 is 2.25 bits per heavy atom. The van der Waals surface area contributed by atoms with Crippen LogP contribution in [-0.4, -0.2) is 35.1 Å². The lowest BCUT2D eigenvalue weighted by molar-refractivity contribution is -0.154. The second-order valence-electron chi connectivity index (χ2n) is 3.97. The Hall–Kier alpha value is -0.570. The maximum Gasteiger partial charge on any atom is 0.321 e. The first-order valence-electron chi connectivity index (χ1n) is 4.69. The van der Waals surface area contributed by atoms with E-state index in [0.29, 0.717) is 5.92 Å². The fourth-order valence-electron chi connectivity index (χ4n) is 2.62. The summed E-state index contributed by atoms with van der Waals surface area (Å²) in [4.78, 5) is 13.0. The van der Waals surface area contributed by atoms with Gasteiger partial charge < -0.3 is 5.11 Å². The van der Waals surface area contributed by atoms with Crippen LogP contribution in [0.4, 0.5) is 0 Å². The molecule has 3 aliphatic rings. The molecular formula is C9H15NO2. The van der Waals surface area contributed by atoms with Gasteiger partial charge in [-0.2, -0.15) is 0 Å². The monoisotopic (exact) mass is 169 g/mol. The summed E-state index contributed by atoms with van der Waals surface area (Å²) in [5.74, 6) is 0.617. The third-order valence-corrected chi connectivity index (χ3v) is 3.26. The normalized spacial score (nSPS) is 40.6. The molecule has 1 saturated carbocycles. The molecule has 3 heteroatoms.